The minimum Gasteiger partial charge on any atom is -0.338 e. The van der Waals surface area contributed by atoms with Crippen molar-refractivity contribution >= 4 is 17.6 Å². The van der Waals surface area contributed by atoms with Crippen LogP contribution in [0.25, 0.3) is 11.4 Å². The molecule has 4 rings (SSSR count). The highest BCUT2D eigenvalue weighted by Crippen LogP contribution is 2.26. The van der Waals surface area contributed by atoms with Crippen molar-refractivity contribution in [2.24, 2.45) is 5.92 Å². The van der Waals surface area contributed by atoms with E-state index in [9.17, 15) is 14.0 Å². The minimum absolute atomic E-state index is 0.0571. The molecule has 1 fully saturated rings. The van der Waals surface area contributed by atoms with E-state index < -0.39 is 11.7 Å². The fourth-order valence-corrected chi connectivity index (χ4v) is 4.33. The third kappa shape index (κ3) is 5.39. The van der Waals surface area contributed by atoms with Gasteiger partial charge in [-0.05, 0) is 49.8 Å². The van der Waals surface area contributed by atoms with Gasteiger partial charge in [0.25, 0.3) is 0 Å². The van der Waals surface area contributed by atoms with E-state index in [1.54, 1.807) is 12.1 Å². The fraction of sp³-hybridized carbons (Fsp3) is 0.545. The van der Waals surface area contributed by atoms with Gasteiger partial charge in [0.1, 0.15) is 11.6 Å². The van der Waals surface area contributed by atoms with Crippen LogP contribution in [0.4, 0.5) is 14.9 Å². The number of carbonyl (C=O) groups excluding carboxylic acids is 2. The number of aromatic nitrogens is 3. The van der Waals surface area contributed by atoms with E-state index >= 15 is 0 Å². The lowest BCUT2D eigenvalue weighted by atomic mass is 10.1. The molecule has 0 unspecified atom stereocenters. The molecule has 0 radical (unpaired) electrons. The summed E-state index contributed by atoms with van der Waals surface area (Å²) in [6.07, 6.45) is 8.84. The first-order valence-corrected chi connectivity index (χ1v) is 11.1. The van der Waals surface area contributed by atoms with Crippen LogP contribution in [-0.4, -0.2) is 39.8 Å². The summed E-state index contributed by atoms with van der Waals surface area (Å²) in [6.45, 7) is 1.21. The lowest BCUT2D eigenvalue weighted by Crippen LogP contribution is -2.41. The molecule has 0 atom stereocenters. The first kappa shape index (κ1) is 21.3. The second-order valence-electron chi connectivity index (χ2n) is 8.36. The molecule has 0 spiro atoms. The van der Waals surface area contributed by atoms with E-state index in [1.807, 2.05) is 0 Å². The number of halogens is 1. The zero-order valence-electron chi connectivity index (χ0n) is 17.6. The van der Waals surface area contributed by atoms with Crippen molar-refractivity contribution in [1.29, 1.82) is 0 Å². The highest BCUT2D eigenvalue weighted by Gasteiger charge is 2.18. The molecule has 31 heavy (non-hydrogen) atoms. The topological polar surface area (TPSA) is 101 Å². The third-order valence-corrected chi connectivity index (χ3v) is 6.04. The van der Waals surface area contributed by atoms with Crippen LogP contribution in [0, 0.1) is 11.7 Å². The first-order valence-electron chi connectivity index (χ1n) is 11.1. The quantitative estimate of drug-likeness (QED) is 0.657. The van der Waals surface area contributed by atoms with Gasteiger partial charge >= 0.3 is 6.03 Å². The molecule has 0 bridgehead atoms. The van der Waals surface area contributed by atoms with Crippen LogP contribution in [0.15, 0.2) is 18.2 Å². The highest BCUT2D eigenvalue weighted by molar-refractivity contribution is 5.94. The zero-order chi connectivity index (χ0) is 21.6. The number of hydrogen-bond acceptors (Lipinski definition) is 4. The molecule has 8 nitrogen and oxygen atoms in total. The van der Waals surface area contributed by atoms with Crippen molar-refractivity contribution in [2.75, 3.05) is 18.4 Å². The van der Waals surface area contributed by atoms with E-state index in [2.05, 4.69) is 30.7 Å². The van der Waals surface area contributed by atoms with Crippen LogP contribution in [-0.2, 0) is 17.8 Å². The molecule has 1 aliphatic carbocycles. The van der Waals surface area contributed by atoms with Gasteiger partial charge in [-0.25, -0.2) is 9.18 Å². The van der Waals surface area contributed by atoms with Crippen LogP contribution in [0.2, 0.25) is 0 Å². The Morgan fingerprint density at radius 2 is 1.90 bits per heavy atom. The van der Waals surface area contributed by atoms with Gasteiger partial charge in [0.15, 0.2) is 5.82 Å². The molecule has 166 valence electrons. The number of aryl methyl sites for hydroxylation is 1. The van der Waals surface area contributed by atoms with Crippen molar-refractivity contribution in [3.8, 4) is 11.4 Å². The second kappa shape index (κ2) is 9.89. The van der Waals surface area contributed by atoms with Crippen LogP contribution >= 0.6 is 0 Å². The van der Waals surface area contributed by atoms with Gasteiger partial charge in [-0.15, -0.1) is 10.2 Å². The molecule has 2 aromatic rings. The average molecular weight is 429 g/mol. The molecule has 1 aromatic carbocycles. The average Bonchev–Trinajstić information content (AvgIpc) is 3.37. The molecule has 2 aliphatic rings. The Bertz CT molecular complexity index is 938. The number of nitrogens with one attached hydrogen (secondary N) is 3. The molecule has 1 aliphatic heterocycles. The van der Waals surface area contributed by atoms with Crippen LogP contribution in [0.1, 0.15) is 50.8 Å². The van der Waals surface area contributed by atoms with E-state index in [-0.39, 0.29) is 18.3 Å². The molecule has 1 saturated carbocycles. The number of carbonyl (C=O) groups is 2. The predicted molar refractivity (Wildman–Crippen MR) is 115 cm³/mol. The molecule has 2 heterocycles. The predicted octanol–water partition coefficient (Wildman–Crippen LogP) is 3.24. The summed E-state index contributed by atoms with van der Waals surface area (Å²) in [5.74, 6) is 1.10. The van der Waals surface area contributed by atoms with Gasteiger partial charge in [0, 0.05) is 25.1 Å². The summed E-state index contributed by atoms with van der Waals surface area (Å²) in [5, 5.41) is 16.4. The van der Waals surface area contributed by atoms with Crippen molar-refractivity contribution in [1.82, 2.24) is 25.4 Å². The van der Waals surface area contributed by atoms with E-state index in [4.69, 9.17) is 0 Å². The summed E-state index contributed by atoms with van der Waals surface area (Å²) in [6, 6.07) is 4.13. The Hall–Kier alpha value is -2.97. The largest absolute Gasteiger partial charge is 0.338 e. The van der Waals surface area contributed by atoms with Gasteiger partial charge in [-0.3, -0.25) is 4.79 Å². The summed E-state index contributed by atoms with van der Waals surface area (Å²) < 4.78 is 16.4. The standard InChI is InChI=1S/C22H29FN6O2/c23-17-10-9-16(21-28-27-19-8-2-1-5-11-29(19)21)12-18(17)26-20(30)14-25-22(31)24-13-15-6-3-4-7-15/h9-10,12,15H,1-8,11,13-14H2,(H,26,30)(H2,24,25,31). The highest BCUT2D eigenvalue weighted by atomic mass is 19.1. The number of benzene rings is 1. The van der Waals surface area contributed by atoms with E-state index in [0.717, 1.165) is 50.9 Å². The van der Waals surface area contributed by atoms with E-state index in [0.29, 0.717) is 23.9 Å². The van der Waals surface area contributed by atoms with Crippen LogP contribution in [0.5, 0.6) is 0 Å². The summed E-state index contributed by atoms with van der Waals surface area (Å²) >= 11 is 0. The smallest absolute Gasteiger partial charge is 0.315 e. The van der Waals surface area contributed by atoms with Gasteiger partial charge in [0.2, 0.25) is 5.91 Å². The monoisotopic (exact) mass is 428 g/mol. The minimum atomic E-state index is -0.543. The van der Waals surface area contributed by atoms with Gasteiger partial charge in [-0.2, -0.15) is 0 Å². The normalized spacial score (nSPS) is 16.4. The van der Waals surface area contributed by atoms with Crippen molar-refractivity contribution < 1.29 is 14.0 Å². The SMILES string of the molecule is O=C(CNC(=O)NCC1CCCC1)Nc1cc(-c2nnc3n2CCCCC3)ccc1F. The Kier molecular flexibility index (Phi) is 6.79. The molecule has 9 heteroatoms. The number of fused-ring (bicyclic) bond motifs is 1. The number of nitrogens with zero attached hydrogens (tertiary/aromatic N) is 3. The van der Waals surface area contributed by atoms with Crippen molar-refractivity contribution in [3.05, 3.63) is 29.8 Å². The number of urea groups is 1. The number of amides is 3. The molecule has 3 N–H and O–H groups in total. The Morgan fingerprint density at radius 3 is 2.74 bits per heavy atom. The molecule has 0 saturated heterocycles. The fourth-order valence-electron chi connectivity index (χ4n) is 4.33. The molecule has 3 amide bonds. The Labute approximate surface area is 181 Å². The number of hydrogen-bond donors (Lipinski definition) is 3. The Morgan fingerprint density at radius 1 is 1.06 bits per heavy atom. The first-order chi connectivity index (χ1) is 15.1. The van der Waals surface area contributed by atoms with Crippen LogP contribution < -0.4 is 16.0 Å². The maximum atomic E-state index is 14.3. The zero-order valence-corrected chi connectivity index (χ0v) is 17.6. The van der Waals surface area contributed by atoms with Crippen molar-refractivity contribution in [3.63, 3.8) is 0 Å². The molecular weight excluding hydrogens is 399 g/mol. The maximum absolute atomic E-state index is 14.3. The van der Waals surface area contributed by atoms with E-state index in [1.165, 1.54) is 18.9 Å². The summed E-state index contributed by atoms with van der Waals surface area (Å²) in [4.78, 5) is 24.2. The number of anilines is 1. The molecular formula is C22H29FN6O2. The molecule has 1 aromatic heterocycles. The lowest BCUT2D eigenvalue weighted by Gasteiger charge is -2.12. The Balaban J connectivity index is 1.35. The summed E-state index contributed by atoms with van der Waals surface area (Å²) in [7, 11) is 0. The third-order valence-electron chi connectivity index (χ3n) is 6.04. The van der Waals surface area contributed by atoms with Gasteiger partial charge in [-0.1, -0.05) is 19.3 Å². The van der Waals surface area contributed by atoms with Gasteiger partial charge in [0.05, 0.1) is 12.2 Å². The van der Waals surface area contributed by atoms with Crippen LogP contribution in [0.3, 0.4) is 0 Å². The number of rotatable bonds is 6. The van der Waals surface area contributed by atoms with Crippen molar-refractivity contribution in [2.45, 2.75) is 57.9 Å². The second-order valence-corrected chi connectivity index (χ2v) is 8.36. The maximum Gasteiger partial charge on any atom is 0.315 e. The van der Waals surface area contributed by atoms with Gasteiger partial charge < -0.3 is 20.5 Å². The lowest BCUT2D eigenvalue weighted by molar-refractivity contribution is -0.115. The summed E-state index contributed by atoms with van der Waals surface area (Å²) in [5.41, 5.74) is 0.751.